The van der Waals surface area contributed by atoms with Gasteiger partial charge < -0.3 is 15.7 Å². The van der Waals surface area contributed by atoms with Gasteiger partial charge in [-0.1, -0.05) is 68.0 Å². The molecule has 34 heavy (non-hydrogen) atoms. The van der Waals surface area contributed by atoms with Gasteiger partial charge in [-0.25, -0.2) is 4.79 Å². The summed E-state index contributed by atoms with van der Waals surface area (Å²) in [6.07, 6.45) is 8.50. The lowest BCUT2D eigenvalue weighted by atomic mass is 9.90. The van der Waals surface area contributed by atoms with Crippen LogP contribution in [0.25, 0.3) is 6.08 Å². The molecule has 0 unspecified atom stereocenters. The molecule has 0 bridgehead atoms. The van der Waals surface area contributed by atoms with Crippen LogP contribution < -0.4 is 10.6 Å². The standard InChI is InChI=1S/C28H36N2O2.2ClH/c1-19(2)25(16-20-6-4-3-5-7-20)26-17-27(26)30-24-14-12-23(13-15-24)29-18-21-8-10-22(11-9-21)28(31)32;;/h3-11,16,19,23-24,26-27,29-30H,12-15,17-18H2,1-2H3,(H,31,32);2*1H/t23-,24-,26-,27+;;/m0../s1. The average Bonchev–Trinajstić information content (AvgIpc) is 3.56. The predicted molar refractivity (Wildman–Crippen MR) is 145 cm³/mol. The Balaban J connectivity index is 0.00000204. The van der Waals surface area contributed by atoms with Gasteiger partial charge in [0.25, 0.3) is 0 Å². The number of halogens is 2. The molecule has 2 aromatic rings. The fraction of sp³-hybridized carbons (Fsp3) is 0.464. The number of carboxylic acid groups (broad SMARTS) is 1. The van der Waals surface area contributed by atoms with E-state index in [0.717, 1.165) is 12.1 Å². The summed E-state index contributed by atoms with van der Waals surface area (Å²) in [6, 6.07) is 19.7. The Morgan fingerprint density at radius 3 is 2.18 bits per heavy atom. The van der Waals surface area contributed by atoms with Gasteiger partial charge in [-0.3, -0.25) is 0 Å². The molecular formula is C28H38Cl2N2O2. The molecule has 0 aliphatic heterocycles. The molecule has 3 N–H and O–H groups in total. The fourth-order valence-electron chi connectivity index (χ4n) is 4.99. The molecule has 0 spiro atoms. The molecule has 186 valence electrons. The Morgan fingerprint density at radius 1 is 0.971 bits per heavy atom. The predicted octanol–water partition coefficient (Wildman–Crippen LogP) is 6.35. The van der Waals surface area contributed by atoms with Crippen molar-refractivity contribution < 1.29 is 9.90 Å². The van der Waals surface area contributed by atoms with E-state index in [1.54, 1.807) is 17.7 Å². The van der Waals surface area contributed by atoms with Crippen LogP contribution in [0.4, 0.5) is 0 Å². The topological polar surface area (TPSA) is 61.4 Å². The lowest BCUT2D eigenvalue weighted by Crippen LogP contribution is -2.41. The monoisotopic (exact) mass is 504 g/mol. The highest BCUT2D eigenvalue weighted by Crippen LogP contribution is 2.42. The molecule has 0 heterocycles. The van der Waals surface area contributed by atoms with Crippen LogP contribution in [0.5, 0.6) is 0 Å². The SMILES string of the molecule is CC(C)C(=Cc1ccccc1)[C@@H]1C[C@H]1N[C@H]1CC[C@H](NCc2ccc(C(=O)O)cc2)CC1.Cl.Cl. The maximum Gasteiger partial charge on any atom is 0.335 e. The normalized spacial score (nSPS) is 24.1. The van der Waals surface area contributed by atoms with Crippen molar-refractivity contribution in [2.45, 2.75) is 70.6 Å². The van der Waals surface area contributed by atoms with Crippen LogP contribution in [0.3, 0.4) is 0 Å². The minimum atomic E-state index is -0.871. The summed E-state index contributed by atoms with van der Waals surface area (Å²) in [4.78, 5) is 11.0. The highest BCUT2D eigenvalue weighted by Gasteiger charge is 2.41. The second kappa shape index (κ2) is 13.3. The van der Waals surface area contributed by atoms with Crippen molar-refractivity contribution in [3.63, 3.8) is 0 Å². The zero-order valence-corrected chi connectivity index (χ0v) is 21.7. The lowest BCUT2D eigenvalue weighted by molar-refractivity contribution is 0.0697. The molecule has 2 aliphatic rings. The molecule has 4 nitrogen and oxygen atoms in total. The fourth-order valence-corrected chi connectivity index (χ4v) is 4.99. The molecule has 2 atom stereocenters. The summed E-state index contributed by atoms with van der Waals surface area (Å²) in [5, 5.41) is 16.6. The first kappa shape index (κ1) is 28.4. The number of nitrogens with one attached hydrogen (secondary N) is 2. The third kappa shape index (κ3) is 7.84. The van der Waals surface area contributed by atoms with E-state index < -0.39 is 5.97 Å². The van der Waals surface area contributed by atoms with Crippen LogP contribution in [-0.2, 0) is 6.54 Å². The van der Waals surface area contributed by atoms with Gasteiger partial charge in [-0.05, 0) is 67.2 Å². The van der Waals surface area contributed by atoms with Gasteiger partial charge in [0.1, 0.15) is 0 Å². The largest absolute Gasteiger partial charge is 0.478 e. The number of benzene rings is 2. The van der Waals surface area contributed by atoms with Crippen LogP contribution in [0.2, 0.25) is 0 Å². The Labute approximate surface area is 216 Å². The molecule has 0 amide bonds. The van der Waals surface area contributed by atoms with Gasteiger partial charge in [0, 0.05) is 24.7 Å². The third-order valence-corrected chi connectivity index (χ3v) is 6.99. The first-order valence-electron chi connectivity index (χ1n) is 12.1. The van der Waals surface area contributed by atoms with E-state index in [4.69, 9.17) is 5.11 Å². The second-order valence-corrected chi connectivity index (χ2v) is 9.76. The van der Waals surface area contributed by atoms with Gasteiger partial charge in [0.05, 0.1) is 5.56 Å². The lowest BCUT2D eigenvalue weighted by Gasteiger charge is -2.30. The Kier molecular flexibility index (Phi) is 11.1. The maximum absolute atomic E-state index is 11.0. The first-order valence-corrected chi connectivity index (χ1v) is 12.1. The number of rotatable bonds is 9. The van der Waals surface area contributed by atoms with E-state index in [2.05, 4.69) is 60.9 Å². The molecule has 0 radical (unpaired) electrons. The van der Waals surface area contributed by atoms with Crippen molar-refractivity contribution in [2.24, 2.45) is 11.8 Å². The molecule has 6 heteroatoms. The number of hydrogen-bond acceptors (Lipinski definition) is 3. The zero-order chi connectivity index (χ0) is 22.5. The van der Waals surface area contributed by atoms with Crippen LogP contribution in [-0.4, -0.2) is 29.2 Å². The number of carbonyl (C=O) groups is 1. The quantitative estimate of drug-likeness (QED) is 0.372. The van der Waals surface area contributed by atoms with Gasteiger partial charge in [-0.15, -0.1) is 24.8 Å². The van der Waals surface area contributed by atoms with Crippen molar-refractivity contribution in [1.29, 1.82) is 0 Å². The first-order chi connectivity index (χ1) is 15.5. The number of hydrogen-bond donors (Lipinski definition) is 3. The third-order valence-electron chi connectivity index (χ3n) is 6.99. The van der Waals surface area contributed by atoms with Crippen LogP contribution in [0, 0.1) is 11.8 Å². The van der Waals surface area contributed by atoms with E-state index in [1.807, 2.05) is 12.1 Å². The molecule has 2 aromatic carbocycles. The Hall–Kier alpha value is -1.85. The summed E-state index contributed by atoms with van der Waals surface area (Å²) < 4.78 is 0. The number of carboxylic acids is 1. The summed E-state index contributed by atoms with van der Waals surface area (Å²) in [7, 11) is 0. The van der Waals surface area contributed by atoms with Crippen molar-refractivity contribution >= 4 is 36.9 Å². The molecule has 2 fully saturated rings. The Morgan fingerprint density at radius 2 is 1.59 bits per heavy atom. The summed E-state index contributed by atoms with van der Waals surface area (Å²) in [5.41, 5.74) is 4.38. The summed E-state index contributed by atoms with van der Waals surface area (Å²) >= 11 is 0. The van der Waals surface area contributed by atoms with E-state index in [1.165, 1.54) is 37.7 Å². The Bertz CT molecular complexity index is 923. The summed E-state index contributed by atoms with van der Waals surface area (Å²) in [5.74, 6) is 0.389. The highest BCUT2D eigenvalue weighted by molar-refractivity contribution is 5.87. The van der Waals surface area contributed by atoms with Gasteiger partial charge >= 0.3 is 5.97 Å². The van der Waals surface area contributed by atoms with E-state index in [9.17, 15) is 4.79 Å². The molecule has 4 rings (SSSR count). The molecular weight excluding hydrogens is 467 g/mol. The molecule has 0 saturated heterocycles. The van der Waals surface area contributed by atoms with Crippen LogP contribution in [0.1, 0.15) is 67.4 Å². The van der Waals surface area contributed by atoms with Gasteiger partial charge in [0.2, 0.25) is 0 Å². The van der Waals surface area contributed by atoms with Gasteiger partial charge in [-0.2, -0.15) is 0 Å². The van der Waals surface area contributed by atoms with Crippen molar-refractivity contribution in [3.05, 3.63) is 76.9 Å². The van der Waals surface area contributed by atoms with Gasteiger partial charge in [0.15, 0.2) is 0 Å². The average molecular weight is 506 g/mol. The molecule has 2 aliphatic carbocycles. The number of aromatic carboxylic acids is 1. The smallest absolute Gasteiger partial charge is 0.335 e. The van der Waals surface area contributed by atoms with Crippen molar-refractivity contribution in [1.82, 2.24) is 10.6 Å². The minimum Gasteiger partial charge on any atom is -0.478 e. The van der Waals surface area contributed by atoms with E-state index in [-0.39, 0.29) is 24.8 Å². The maximum atomic E-state index is 11.0. The second-order valence-electron chi connectivity index (χ2n) is 9.76. The van der Waals surface area contributed by atoms with Crippen LogP contribution >= 0.6 is 24.8 Å². The van der Waals surface area contributed by atoms with Crippen molar-refractivity contribution in [2.75, 3.05) is 0 Å². The van der Waals surface area contributed by atoms with E-state index in [0.29, 0.717) is 35.5 Å². The van der Waals surface area contributed by atoms with Crippen molar-refractivity contribution in [3.8, 4) is 0 Å². The highest BCUT2D eigenvalue weighted by atomic mass is 35.5. The molecule has 2 saturated carbocycles. The van der Waals surface area contributed by atoms with Crippen LogP contribution in [0.15, 0.2) is 60.2 Å². The van der Waals surface area contributed by atoms with E-state index >= 15 is 0 Å². The minimum absolute atomic E-state index is 0. The summed E-state index contributed by atoms with van der Waals surface area (Å²) in [6.45, 7) is 5.43. The zero-order valence-electron chi connectivity index (χ0n) is 20.1. The molecule has 0 aromatic heterocycles.